The topological polar surface area (TPSA) is 35.5 Å². The number of hydrogen-bond acceptors (Lipinski definition) is 3. The highest BCUT2D eigenvalue weighted by atomic mass is 16.7. The molecule has 0 amide bonds. The minimum Gasteiger partial charge on any atom is -0.429 e. The molecule has 0 saturated heterocycles. The minimum atomic E-state index is -0.765. The van der Waals surface area contributed by atoms with E-state index in [9.17, 15) is 4.79 Å². The van der Waals surface area contributed by atoms with Gasteiger partial charge in [0, 0.05) is 5.56 Å². The van der Waals surface area contributed by atoms with Crippen molar-refractivity contribution in [2.75, 3.05) is 0 Å². The van der Waals surface area contributed by atoms with Crippen LogP contribution in [0.15, 0.2) is 42.5 Å². The molecule has 0 radical (unpaired) electrons. The monoisotopic (exact) mass is 282 g/mol. The summed E-state index contributed by atoms with van der Waals surface area (Å²) >= 11 is 0. The summed E-state index contributed by atoms with van der Waals surface area (Å²) in [6, 6.07) is 13.6. The number of carbonyl (C=O) groups excluding carboxylic acids is 1. The summed E-state index contributed by atoms with van der Waals surface area (Å²) in [4.78, 5) is 11.7. The van der Waals surface area contributed by atoms with Crippen LogP contribution < -0.4 is 0 Å². The summed E-state index contributed by atoms with van der Waals surface area (Å²) in [7, 11) is 0. The molecular formula is C18H18O3. The first kappa shape index (κ1) is 14.9. The Kier molecular flexibility index (Phi) is 4.18. The van der Waals surface area contributed by atoms with Gasteiger partial charge in [-0.15, -0.1) is 6.42 Å². The number of terminal acetylenes is 1. The van der Waals surface area contributed by atoms with E-state index >= 15 is 0 Å². The molecule has 21 heavy (non-hydrogen) atoms. The van der Waals surface area contributed by atoms with Gasteiger partial charge in [0.15, 0.2) is 6.10 Å². The van der Waals surface area contributed by atoms with Crippen molar-refractivity contribution >= 4 is 16.9 Å². The first-order valence-electron chi connectivity index (χ1n) is 6.73. The highest BCUT2D eigenvalue weighted by Gasteiger charge is 2.21. The first-order chi connectivity index (χ1) is 9.89. The lowest BCUT2D eigenvalue weighted by atomic mass is 10.0. The van der Waals surface area contributed by atoms with Crippen LogP contribution in [0.1, 0.15) is 32.4 Å². The maximum atomic E-state index is 11.7. The predicted molar refractivity (Wildman–Crippen MR) is 82.8 cm³/mol. The third kappa shape index (κ3) is 4.00. The maximum absolute atomic E-state index is 11.7. The number of benzene rings is 2. The molecule has 0 aromatic heterocycles. The molecular weight excluding hydrogens is 264 g/mol. The van der Waals surface area contributed by atoms with E-state index in [1.165, 1.54) is 0 Å². The second-order valence-electron chi connectivity index (χ2n) is 5.74. The van der Waals surface area contributed by atoms with E-state index in [4.69, 9.17) is 15.9 Å². The van der Waals surface area contributed by atoms with E-state index in [2.05, 4.69) is 5.92 Å². The SMILES string of the molecule is C#CC(OC(=O)OC(C)(C)C)c1ccc2ccccc2c1. The lowest BCUT2D eigenvalue weighted by Crippen LogP contribution is -2.25. The molecule has 0 saturated carbocycles. The van der Waals surface area contributed by atoms with Crippen molar-refractivity contribution in [3.05, 3.63) is 48.0 Å². The Morgan fingerprint density at radius 2 is 1.81 bits per heavy atom. The van der Waals surface area contributed by atoms with Gasteiger partial charge >= 0.3 is 6.16 Å². The fourth-order valence-electron chi connectivity index (χ4n) is 1.94. The van der Waals surface area contributed by atoms with Gasteiger partial charge in [-0.25, -0.2) is 4.79 Å². The van der Waals surface area contributed by atoms with Crippen molar-refractivity contribution in [1.29, 1.82) is 0 Å². The van der Waals surface area contributed by atoms with Crippen LogP contribution in [0, 0.1) is 12.3 Å². The van der Waals surface area contributed by atoms with Gasteiger partial charge < -0.3 is 9.47 Å². The van der Waals surface area contributed by atoms with E-state index < -0.39 is 17.9 Å². The van der Waals surface area contributed by atoms with Crippen LogP contribution in [0.4, 0.5) is 4.79 Å². The molecule has 0 aliphatic carbocycles. The highest BCUT2D eigenvalue weighted by Crippen LogP contribution is 2.23. The van der Waals surface area contributed by atoms with Crippen LogP contribution in [0.25, 0.3) is 10.8 Å². The number of ether oxygens (including phenoxy) is 2. The van der Waals surface area contributed by atoms with Crippen LogP contribution in [0.5, 0.6) is 0 Å². The zero-order chi connectivity index (χ0) is 15.5. The van der Waals surface area contributed by atoms with Crippen LogP contribution in [-0.4, -0.2) is 11.8 Å². The Labute approximate surface area is 124 Å². The Hall–Kier alpha value is -2.47. The van der Waals surface area contributed by atoms with Gasteiger partial charge in [-0.05, 0) is 37.6 Å². The van der Waals surface area contributed by atoms with Gasteiger partial charge in [-0.2, -0.15) is 0 Å². The summed E-state index contributed by atoms with van der Waals surface area (Å²) in [5.41, 5.74) is 0.140. The Morgan fingerprint density at radius 3 is 2.43 bits per heavy atom. The molecule has 3 heteroatoms. The van der Waals surface area contributed by atoms with Crippen molar-refractivity contribution in [2.24, 2.45) is 0 Å². The number of hydrogen-bond donors (Lipinski definition) is 0. The summed E-state index contributed by atoms with van der Waals surface area (Å²) in [5.74, 6) is 2.48. The predicted octanol–water partition coefficient (Wildman–Crippen LogP) is 4.47. The second-order valence-corrected chi connectivity index (χ2v) is 5.74. The normalized spacial score (nSPS) is 12.5. The third-order valence-electron chi connectivity index (χ3n) is 2.83. The smallest absolute Gasteiger partial charge is 0.429 e. The molecule has 108 valence electrons. The van der Waals surface area contributed by atoms with Crippen LogP contribution in [0.2, 0.25) is 0 Å². The standard InChI is InChI=1S/C18H18O3/c1-5-16(20-17(19)21-18(2,3)4)15-11-10-13-8-6-7-9-14(13)12-15/h1,6-12,16H,2-4H3. The van der Waals surface area contributed by atoms with E-state index in [1.54, 1.807) is 20.8 Å². The van der Waals surface area contributed by atoms with Gasteiger partial charge in [-0.3, -0.25) is 0 Å². The zero-order valence-electron chi connectivity index (χ0n) is 12.4. The van der Waals surface area contributed by atoms with Gasteiger partial charge in [0.2, 0.25) is 0 Å². The maximum Gasteiger partial charge on any atom is 0.510 e. The fourth-order valence-corrected chi connectivity index (χ4v) is 1.94. The van der Waals surface area contributed by atoms with E-state index in [-0.39, 0.29) is 0 Å². The third-order valence-corrected chi connectivity index (χ3v) is 2.83. The number of rotatable bonds is 2. The zero-order valence-corrected chi connectivity index (χ0v) is 12.4. The largest absolute Gasteiger partial charge is 0.510 e. The lowest BCUT2D eigenvalue weighted by molar-refractivity contribution is -0.0172. The molecule has 0 aliphatic heterocycles. The molecule has 2 rings (SSSR count). The van der Waals surface area contributed by atoms with Crippen molar-refractivity contribution in [3.8, 4) is 12.3 Å². The molecule has 0 fully saturated rings. The molecule has 0 N–H and O–H groups in total. The van der Waals surface area contributed by atoms with Crippen molar-refractivity contribution < 1.29 is 14.3 Å². The highest BCUT2D eigenvalue weighted by molar-refractivity contribution is 5.83. The number of fused-ring (bicyclic) bond motifs is 1. The summed E-state index contributed by atoms with van der Waals surface area (Å²) in [6.45, 7) is 5.32. The average Bonchev–Trinajstić information content (AvgIpc) is 2.42. The van der Waals surface area contributed by atoms with E-state index in [0.29, 0.717) is 0 Å². The Bertz CT molecular complexity index is 689. The molecule has 1 atom stereocenters. The first-order valence-corrected chi connectivity index (χ1v) is 6.73. The van der Waals surface area contributed by atoms with Crippen molar-refractivity contribution in [1.82, 2.24) is 0 Å². The molecule has 0 heterocycles. The van der Waals surface area contributed by atoms with Gasteiger partial charge in [-0.1, -0.05) is 42.3 Å². The summed E-state index contributed by atoms with van der Waals surface area (Å²) < 4.78 is 10.3. The van der Waals surface area contributed by atoms with E-state index in [1.807, 2.05) is 42.5 Å². The van der Waals surface area contributed by atoms with Crippen LogP contribution >= 0.6 is 0 Å². The van der Waals surface area contributed by atoms with Crippen LogP contribution in [-0.2, 0) is 9.47 Å². The fraction of sp³-hybridized carbons (Fsp3) is 0.278. The molecule has 0 bridgehead atoms. The molecule has 2 aromatic carbocycles. The Morgan fingerprint density at radius 1 is 1.14 bits per heavy atom. The van der Waals surface area contributed by atoms with Gasteiger partial charge in [0.1, 0.15) is 5.60 Å². The molecule has 0 aliphatic rings. The van der Waals surface area contributed by atoms with Crippen molar-refractivity contribution in [2.45, 2.75) is 32.5 Å². The molecule has 0 spiro atoms. The molecule has 1 unspecified atom stereocenters. The summed E-state index contributed by atoms with van der Waals surface area (Å²) in [5, 5.41) is 2.15. The minimum absolute atomic E-state index is 0.611. The van der Waals surface area contributed by atoms with Gasteiger partial charge in [0.25, 0.3) is 0 Å². The van der Waals surface area contributed by atoms with E-state index in [0.717, 1.165) is 16.3 Å². The molecule has 3 nitrogen and oxygen atoms in total. The van der Waals surface area contributed by atoms with Crippen molar-refractivity contribution in [3.63, 3.8) is 0 Å². The Balaban J connectivity index is 2.20. The van der Waals surface area contributed by atoms with Crippen LogP contribution in [0.3, 0.4) is 0 Å². The average molecular weight is 282 g/mol. The lowest BCUT2D eigenvalue weighted by Gasteiger charge is -2.21. The summed E-state index contributed by atoms with van der Waals surface area (Å²) in [6.07, 6.45) is 3.95. The molecule has 2 aromatic rings. The number of carbonyl (C=O) groups is 1. The quantitative estimate of drug-likeness (QED) is 0.602. The second kappa shape index (κ2) is 5.88. The van der Waals surface area contributed by atoms with Gasteiger partial charge in [0.05, 0.1) is 0 Å².